The Morgan fingerprint density at radius 2 is 2.44 bits per heavy atom. The molecule has 0 aliphatic heterocycles. The van der Waals surface area contributed by atoms with Crippen LogP contribution in [-0.4, -0.2) is 14.8 Å². The Hall–Kier alpha value is -0.510. The van der Waals surface area contributed by atoms with Gasteiger partial charge in [0.15, 0.2) is 5.16 Å². The highest BCUT2D eigenvalue weighted by atomic mass is 32.1. The first-order valence-electron chi connectivity index (χ1n) is 2.96. The lowest BCUT2D eigenvalue weighted by Crippen LogP contribution is -1.95. The summed E-state index contributed by atoms with van der Waals surface area (Å²) in [6.07, 6.45) is 4.01. The molecule has 0 amide bonds. The highest BCUT2D eigenvalue weighted by Crippen LogP contribution is 2.35. The first-order chi connectivity index (χ1) is 4.38. The Morgan fingerprint density at radius 3 is 2.89 bits per heavy atom. The van der Waals surface area contributed by atoms with Crippen molar-refractivity contribution in [1.29, 1.82) is 0 Å². The van der Waals surface area contributed by atoms with E-state index in [2.05, 4.69) is 22.7 Å². The molecule has 3 nitrogen and oxygen atoms in total. The van der Waals surface area contributed by atoms with Crippen LogP contribution in [0, 0.1) is 0 Å². The molecule has 1 heterocycles. The molecule has 1 aliphatic carbocycles. The maximum Gasteiger partial charge on any atom is 0.183 e. The fourth-order valence-electron chi connectivity index (χ4n) is 0.821. The third-order valence-corrected chi connectivity index (χ3v) is 1.77. The Morgan fingerprint density at radius 1 is 1.67 bits per heavy atom. The summed E-state index contributed by atoms with van der Waals surface area (Å²) in [5, 5.41) is 4.74. The van der Waals surface area contributed by atoms with Gasteiger partial charge in [-0.1, -0.05) is 0 Å². The van der Waals surface area contributed by atoms with Gasteiger partial charge in [-0.05, 0) is 12.8 Å². The summed E-state index contributed by atoms with van der Waals surface area (Å²) in [6, 6.07) is 0.597. The van der Waals surface area contributed by atoms with Gasteiger partial charge in [0.05, 0.1) is 6.04 Å². The van der Waals surface area contributed by atoms with Crippen LogP contribution in [0.15, 0.2) is 11.5 Å². The highest BCUT2D eigenvalue weighted by molar-refractivity contribution is 7.80. The lowest BCUT2D eigenvalue weighted by Gasteiger charge is -1.94. The van der Waals surface area contributed by atoms with Crippen LogP contribution in [-0.2, 0) is 0 Å². The monoisotopic (exact) mass is 141 g/mol. The maximum atomic E-state index is 4.12. The van der Waals surface area contributed by atoms with Gasteiger partial charge in [0, 0.05) is 0 Å². The minimum Gasteiger partial charge on any atom is -0.238 e. The van der Waals surface area contributed by atoms with E-state index >= 15 is 0 Å². The second kappa shape index (κ2) is 1.73. The molecule has 0 bridgehead atoms. The fraction of sp³-hybridized carbons (Fsp3) is 0.600. The van der Waals surface area contributed by atoms with Crippen molar-refractivity contribution >= 4 is 12.6 Å². The lowest BCUT2D eigenvalue weighted by molar-refractivity contribution is 0.580. The molecule has 1 aliphatic rings. The zero-order chi connectivity index (χ0) is 6.27. The molecule has 1 saturated carbocycles. The number of hydrogen-bond donors (Lipinski definition) is 1. The van der Waals surface area contributed by atoms with E-state index in [1.165, 1.54) is 12.8 Å². The number of aromatic nitrogens is 3. The van der Waals surface area contributed by atoms with E-state index in [0.717, 1.165) is 5.16 Å². The SMILES string of the molecule is Sc1ncnn1C1CC1. The molecule has 0 N–H and O–H groups in total. The molecule has 0 unspecified atom stereocenters. The topological polar surface area (TPSA) is 30.7 Å². The van der Waals surface area contributed by atoms with E-state index in [9.17, 15) is 0 Å². The van der Waals surface area contributed by atoms with E-state index in [1.54, 1.807) is 6.33 Å². The van der Waals surface area contributed by atoms with Crippen molar-refractivity contribution in [2.75, 3.05) is 0 Å². The third-order valence-electron chi connectivity index (χ3n) is 1.45. The average Bonchev–Trinajstić information content (AvgIpc) is 2.58. The van der Waals surface area contributed by atoms with Crippen LogP contribution < -0.4 is 0 Å². The van der Waals surface area contributed by atoms with Crippen molar-refractivity contribution in [3.05, 3.63) is 6.33 Å². The molecule has 2 rings (SSSR count). The standard InChI is InChI=1S/C5H7N3S/c9-5-6-3-7-8(5)4-1-2-4/h3-4H,1-2H2,(H,6,7,9). The second-order valence-corrected chi connectivity index (χ2v) is 2.64. The van der Waals surface area contributed by atoms with Crippen molar-refractivity contribution in [2.24, 2.45) is 0 Å². The Bertz CT molecular complexity index is 216. The number of nitrogens with zero attached hydrogens (tertiary/aromatic N) is 3. The highest BCUT2D eigenvalue weighted by Gasteiger charge is 2.25. The minimum atomic E-state index is 0.597. The Balaban J connectivity index is 2.35. The van der Waals surface area contributed by atoms with Crippen LogP contribution in [0.3, 0.4) is 0 Å². The molecule has 1 aromatic rings. The molecule has 0 atom stereocenters. The van der Waals surface area contributed by atoms with Gasteiger partial charge in [-0.15, -0.1) is 12.6 Å². The second-order valence-electron chi connectivity index (χ2n) is 2.24. The summed E-state index contributed by atoms with van der Waals surface area (Å²) in [5.74, 6) is 0. The average molecular weight is 141 g/mol. The predicted octanol–water partition coefficient (Wildman–Crippen LogP) is 0.902. The summed E-state index contributed by atoms with van der Waals surface area (Å²) in [6.45, 7) is 0. The maximum absolute atomic E-state index is 4.12. The molecular formula is C5H7N3S. The molecule has 1 fully saturated rings. The van der Waals surface area contributed by atoms with Crippen LogP contribution >= 0.6 is 12.6 Å². The number of thiol groups is 1. The molecule has 0 spiro atoms. The van der Waals surface area contributed by atoms with Crippen molar-refractivity contribution in [3.63, 3.8) is 0 Å². The molecule has 48 valence electrons. The van der Waals surface area contributed by atoms with Crippen LogP contribution in [0.2, 0.25) is 0 Å². The minimum absolute atomic E-state index is 0.597. The molecule has 1 aromatic heterocycles. The zero-order valence-electron chi connectivity index (χ0n) is 4.86. The van der Waals surface area contributed by atoms with E-state index < -0.39 is 0 Å². The van der Waals surface area contributed by atoms with Crippen molar-refractivity contribution < 1.29 is 0 Å². The van der Waals surface area contributed by atoms with Crippen LogP contribution in [0.5, 0.6) is 0 Å². The van der Waals surface area contributed by atoms with Crippen LogP contribution in [0.25, 0.3) is 0 Å². The van der Waals surface area contributed by atoms with Gasteiger partial charge in [0.1, 0.15) is 6.33 Å². The van der Waals surface area contributed by atoms with Gasteiger partial charge in [0.2, 0.25) is 0 Å². The van der Waals surface area contributed by atoms with Crippen molar-refractivity contribution in [2.45, 2.75) is 24.0 Å². The van der Waals surface area contributed by atoms with Gasteiger partial charge in [-0.25, -0.2) is 9.67 Å². The third kappa shape index (κ3) is 0.830. The molecule has 0 aromatic carbocycles. The van der Waals surface area contributed by atoms with Crippen LogP contribution in [0.1, 0.15) is 18.9 Å². The quantitative estimate of drug-likeness (QED) is 0.589. The summed E-state index contributed by atoms with van der Waals surface area (Å²) >= 11 is 4.12. The first kappa shape index (κ1) is 5.29. The summed E-state index contributed by atoms with van der Waals surface area (Å²) < 4.78 is 1.86. The van der Waals surface area contributed by atoms with E-state index in [-0.39, 0.29) is 0 Å². The van der Waals surface area contributed by atoms with E-state index in [4.69, 9.17) is 0 Å². The smallest absolute Gasteiger partial charge is 0.183 e. The van der Waals surface area contributed by atoms with Gasteiger partial charge in [0.25, 0.3) is 0 Å². The van der Waals surface area contributed by atoms with E-state index in [0.29, 0.717) is 6.04 Å². The van der Waals surface area contributed by atoms with Crippen molar-refractivity contribution in [3.8, 4) is 0 Å². The zero-order valence-corrected chi connectivity index (χ0v) is 5.75. The summed E-state index contributed by atoms with van der Waals surface area (Å²) in [4.78, 5) is 3.89. The lowest BCUT2D eigenvalue weighted by atomic mass is 10.7. The molecular weight excluding hydrogens is 134 g/mol. The van der Waals surface area contributed by atoms with Gasteiger partial charge < -0.3 is 0 Å². The Labute approximate surface area is 58.5 Å². The van der Waals surface area contributed by atoms with Gasteiger partial charge in [-0.2, -0.15) is 5.10 Å². The predicted molar refractivity (Wildman–Crippen MR) is 35.5 cm³/mol. The summed E-state index contributed by atoms with van der Waals surface area (Å²) in [7, 11) is 0. The fourth-order valence-corrected chi connectivity index (χ4v) is 1.09. The van der Waals surface area contributed by atoms with Gasteiger partial charge in [-0.3, -0.25) is 0 Å². The Kier molecular flexibility index (Phi) is 1.02. The van der Waals surface area contributed by atoms with E-state index in [1.807, 2.05) is 4.68 Å². The first-order valence-corrected chi connectivity index (χ1v) is 3.41. The molecule has 9 heavy (non-hydrogen) atoms. The summed E-state index contributed by atoms with van der Waals surface area (Å²) in [5.41, 5.74) is 0. The largest absolute Gasteiger partial charge is 0.238 e. The number of rotatable bonds is 1. The van der Waals surface area contributed by atoms with Gasteiger partial charge >= 0.3 is 0 Å². The number of hydrogen-bond acceptors (Lipinski definition) is 3. The molecule has 0 saturated heterocycles. The normalized spacial score (nSPS) is 18.3. The van der Waals surface area contributed by atoms with Crippen molar-refractivity contribution in [1.82, 2.24) is 14.8 Å². The molecule has 4 heteroatoms. The molecule has 0 radical (unpaired) electrons. The van der Waals surface area contributed by atoms with Crippen LogP contribution in [0.4, 0.5) is 0 Å².